The number of benzene rings is 2. The smallest absolute Gasteiger partial charge is 0.262 e. The van der Waals surface area contributed by atoms with E-state index in [0.29, 0.717) is 22.8 Å². The third-order valence-electron chi connectivity index (χ3n) is 5.37. The molecule has 0 atom stereocenters. The molecular formula is C22H28ClN3O3S. The number of amides is 1. The molecule has 1 amide bonds. The maximum absolute atomic E-state index is 13.2. The SMILES string of the molecule is CCN1CCc2cccc(S(=O)(=O)Nc3cccc(NC(=O)C(C)(C)CCl)c3)c2C1. The number of alkyl halides is 1. The molecule has 0 bridgehead atoms. The molecule has 0 saturated carbocycles. The van der Waals surface area contributed by atoms with E-state index in [1.807, 2.05) is 6.07 Å². The van der Waals surface area contributed by atoms with Crippen LogP contribution in [0.15, 0.2) is 47.4 Å². The summed E-state index contributed by atoms with van der Waals surface area (Å²) in [5.41, 5.74) is 2.09. The number of hydrogen-bond donors (Lipinski definition) is 2. The highest BCUT2D eigenvalue weighted by atomic mass is 35.5. The molecule has 2 aromatic rings. The predicted octanol–water partition coefficient (Wildman–Crippen LogP) is 4.07. The number of fused-ring (bicyclic) bond motifs is 1. The van der Waals surface area contributed by atoms with E-state index in [-0.39, 0.29) is 11.8 Å². The van der Waals surface area contributed by atoms with Crippen molar-refractivity contribution in [1.29, 1.82) is 0 Å². The summed E-state index contributed by atoms with van der Waals surface area (Å²) in [7, 11) is -3.78. The molecule has 1 aliphatic rings. The fourth-order valence-corrected chi connectivity index (χ4v) is 4.81. The van der Waals surface area contributed by atoms with Crippen LogP contribution >= 0.6 is 11.6 Å². The van der Waals surface area contributed by atoms with Crippen molar-refractivity contribution in [3.8, 4) is 0 Å². The maximum Gasteiger partial charge on any atom is 0.262 e. The first-order valence-corrected chi connectivity index (χ1v) is 12.0. The minimum atomic E-state index is -3.78. The van der Waals surface area contributed by atoms with E-state index >= 15 is 0 Å². The molecule has 2 N–H and O–H groups in total. The molecule has 0 saturated heterocycles. The monoisotopic (exact) mass is 449 g/mol. The van der Waals surface area contributed by atoms with Crippen LogP contribution in [0.4, 0.5) is 11.4 Å². The van der Waals surface area contributed by atoms with Crippen molar-refractivity contribution in [3.05, 3.63) is 53.6 Å². The number of anilines is 2. The van der Waals surface area contributed by atoms with Gasteiger partial charge in [0.2, 0.25) is 5.91 Å². The van der Waals surface area contributed by atoms with Gasteiger partial charge in [-0.05, 0) is 62.2 Å². The zero-order chi connectivity index (χ0) is 21.9. The van der Waals surface area contributed by atoms with E-state index in [4.69, 9.17) is 11.6 Å². The van der Waals surface area contributed by atoms with Gasteiger partial charge in [0.1, 0.15) is 0 Å². The zero-order valence-corrected chi connectivity index (χ0v) is 19.1. The maximum atomic E-state index is 13.2. The van der Waals surface area contributed by atoms with E-state index in [2.05, 4.69) is 21.9 Å². The second-order valence-corrected chi connectivity index (χ2v) is 10.1. The van der Waals surface area contributed by atoms with Crippen molar-refractivity contribution in [3.63, 3.8) is 0 Å². The lowest BCUT2D eigenvalue weighted by atomic mass is 9.95. The van der Waals surface area contributed by atoms with E-state index in [9.17, 15) is 13.2 Å². The van der Waals surface area contributed by atoms with Gasteiger partial charge in [0.15, 0.2) is 0 Å². The molecule has 162 valence electrons. The average Bonchev–Trinajstić information content (AvgIpc) is 2.72. The molecule has 0 aliphatic carbocycles. The Hall–Kier alpha value is -2.09. The topological polar surface area (TPSA) is 78.5 Å². The number of likely N-dealkylation sites (N-methyl/N-ethyl adjacent to an activating group) is 1. The molecule has 6 nitrogen and oxygen atoms in total. The van der Waals surface area contributed by atoms with Gasteiger partial charge in [0.05, 0.1) is 16.0 Å². The van der Waals surface area contributed by atoms with E-state index in [0.717, 1.165) is 30.6 Å². The van der Waals surface area contributed by atoms with Gasteiger partial charge in [-0.3, -0.25) is 14.4 Å². The van der Waals surface area contributed by atoms with Crippen LogP contribution in [0.25, 0.3) is 0 Å². The molecule has 0 unspecified atom stereocenters. The van der Waals surface area contributed by atoms with Crippen LogP contribution in [0.3, 0.4) is 0 Å². The normalized spacial score (nSPS) is 14.8. The standard InChI is InChI=1S/C22H28ClN3O3S/c1-4-26-12-11-16-7-5-10-20(19(16)14-26)30(28,29)25-18-9-6-8-17(13-18)24-21(27)22(2,3)15-23/h5-10,13,25H,4,11-12,14-15H2,1-3H3,(H,24,27). The molecule has 0 fully saturated rings. The Morgan fingerprint density at radius 3 is 2.57 bits per heavy atom. The van der Waals surface area contributed by atoms with E-state index < -0.39 is 15.4 Å². The first kappa shape index (κ1) is 22.6. The molecule has 0 spiro atoms. The van der Waals surface area contributed by atoms with E-state index in [1.54, 1.807) is 50.2 Å². The summed E-state index contributed by atoms with van der Waals surface area (Å²) in [6.45, 7) is 8.00. The molecule has 8 heteroatoms. The lowest BCUT2D eigenvalue weighted by Gasteiger charge is -2.29. The number of carbonyl (C=O) groups is 1. The number of nitrogens with zero attached hydrogens (tertiary/aromatic N) is 1. The van der Waals surface area contributed by atoms with Crippen molar-refractivity contribution in [2.75, 3.05) is 29.0 Å². The fraction of sp³-hybridized carbons (Fsp3) is 0.409. The van der Waals surface area contributed by atoms with Crippen LogP contribution in [-0.2, 0) is 27.8 Å². The van der Waals surface area contributed by atoms with Crippen molar-refractivity contribution < 1.29 is 13.2 Å². The Balaban J connectivity index is 1.84. The second kappa shape index (κ2) is 8.96. The number of hydrogen-bond acceptors (Lipinski definition) is 4. The Bertz CT molecular complexity index is 1040. The van der Waals surface area contributed by atoms with Crippen molar-refractivity contribution in [1.82, 2.24) is 4.90 Å². The van der Waals surface area contributed by atoms with Gasteiger partial charge < -0.3 is 5.32 Å². The summed E-state index contributed by atoms with van der Waals surface area (Å²) in [5.74, 6) is -0.0479. The molecule has 3 rings (SSSR count). The summed E-state index contributed by atoms with van der Waals surface area (Å²) in [6.07, 6.45) is 0.838. The lowest BCUT2D eigenvalue weighted by molar-refractivity contribution is -0.122. The summed E-state index contributed by atoms with van der Waals surface area (Å²) in [5, 5.41) is 2.80. The van der Waals surface area contributed by atoms with Crippen LogP contribution in [0.5, 0.6) is 0 Å². The van der Waals surface area contributed by atoms with Crippen LogP contribution in [0.2, 0.25) is 0 Å². The largest absolute Gasteiger partial charge is 0.326 e. The molecule has 1 aliphatic heterocycles. The fourth-order valence-electron chi connectivity index (χ4n) is 3.36. The Kier molecular flexibility index (Phi) is 6.75. The van der Waals surface area contributed by atoms with Gasteiger partial charge in [-0.1, -0.05) is 25.1 Å². The molecule has 0 aromatic heterocycles. The van der Waals surface area contributed by atoms with Crippen LogP contribution in [0.1, 0.15) is 31.9 Å². The highest BCUT2D eigenvalue weighted by molar-refractivity contribution is 7.92. The number of carbonyl (C=O) groups excluding carboxylic acids is 1. The Labute approximate surface area is 183 Å². The van der Waals surface area contributed by atoms with Crippen LogP contribution in [0, 0.1) is 5.41 Å². The number of sulfonamides is 1. The quantitative estimate of drug-likeness (QED) is 0.624. The van der Waals surface area contributed by atoms with Gasteiger partial charge in [-0.2, -0.15) is 0 Å². The molecule has 1 heterocycles. The second-order valence-electron chi connectivity index (χ2n) is 8.17. The Morgan fingerprint density at radius 1 is 1.17 bits per heavy atom. The number of rotatable bonds is 7. The molecule has 0 radical (unpaired) electrons. The number of halogens is 1. The van der Waals surface area contributed by atoms with Crippen LogP contribution in [-0.4, -0.2) is 38.2 Å². The summed E-state index contributed by atoms with van der Waals surface area (Å²) < 4.78 is 29.0. The average molecular weight is 450 g/mol. The highest BCUT2D eigenvalue weighted by Crippen LogP contribution is 2.28. The van der Waals surface area contributed by atoms with Gasteiger partial charge >= 0.3 is 0 Å². The minimum Gasteiger partial charge on any atom is -0.326 e. The van der Waals surface area contributed by atoms with E-state index in [1.165, 1.54) is 0 Å². The lowest BCUT2D eigenvalue weighted by Crippen LogP contribution is -2.32. The Morgan fingerprint density at radius 2 is 1.87 bits per heavy atom. The minimum absolute atomic E-state index is 0.180. The molecule has 30 heavy (non-hydrogen) atoms. The summed E-state index contributed by atoms with van der Waals surface area (Å²) >= 11 is 5.86. The highest BCUT2D eigenvalue weighted by Gasteiger charge is 2.27. The molecule has 2 aromatic carbocycles. The third-order valence-corrected chi connectivity index (χ3v) is 7.50. The molecular weight excluding hydrogens is 422 g/mol. The van der Waals surface area contributed by atoms with Gasteiger partial charge in [-0.15, -0.1) is 11.6 Å². The predicted molar refractivity (Wildman–Crippen MR) is 121 cm³/mol. The van der Waals surface area contributed by atoms with Crippen molar-refractivity contribution >= 4 is 38.9 Å². The first-order valence-electron chi connectivity index (χ1n) is 9.99. The van der Waals surface area contributed by atoms with Crippen LogP contribution < -0.4 is 10.0 Å². The van der Waals surface area contributed by atoms with Crippen molar-refractivity contribution in [2.24, 2.45) is 5.41 Å². The summed E-state index contributed by atoms with van der Waals surface area (Å²) in [6, 6.07) is 12.1. The number of nitrogens with one attached hydrogen (secondary N) is 2. The van der Waals surface area contributed by atoms with Crippen molar-refractivity contribution in [2.45, 2.75) is 38.6 Å². The summed E-state index contributed by atoms with van der Waals surface area (Å²) in [4.78, 5) is 14.9. The van der Waals surface area contributed by atoms with Gasteiger partial charge in [0.25, 0.3) is 10.0 Å². The third kappa shape index (κ3) is 4.96. The van der Waals surface area contributed by atoms with Gasteiger partial charge in [-0.25, -0.2) is 8.42 Å². The zero-order valence-electron chi connectivity index (χ0n) is 17.5. The first-order chi connectivity index (χ1) is 14.2. The van der Waals surface area contributed by atoms with Gasteiger partial charge in [0, 0.05) is 24.7 Å².